The lowest BCUT2D eigenvalue weighted by atomic mass is 10.1. The molecule has 0 aliphatic carbocycles. The Hall–Kier alpha value is -2.59. The molecule has 0 unspecified atom stereocenters. The van der Waals surface area contributed by atoms with Gasteiger partial charge in [0.15, 0.2) is 5.13 Å². The number of thiazole rings is 1. The van der Waals surface area contributed by atoms with Crippen LogP contribution in [0.4, 0.5) is 5.13 Å². The van der Waals surface area contributed by atoms with E-state index in [0.717, 1.165) is 10.4 Å². The molecule has 0 aliphatic rings. The first-order chi connectivity index (χ1) is 12.5. The highest BCUT2D eigenvalue weighted by Crippen LogP contribution is 2.26. The van der Waals surface area contributed by atoms with Crippen molar-refractivity contribution in [1.82, 2.24) is 4.98 Å². The topological polar surface area (TPSA) is 78.9 Å². The molecule has 0 saturated heterocycles. The van der Waals surface area contributed by atoms with Gasteiger partial charge in [-0.05, 0) is 29.8 Å². The second-order valence-electron chi connectivity index (χ2n) is 5.20. The molecule has 2 aromatic heterocycles. The van der Waals surface area contributed by atoms with Gasteiger partial charge in [-0.15, -0.1) is 11.3 Å². The predicted octanol–water partition coefficient (Wildman–Crippen LogP) is 5.18. The molecule has 0 saturated carbocycles. The van der Waals surface area contributed by atoms with Crippen LogP contribution in [0.5, 0.6) is 0 Å². The molecule has 0 radical (unpaired) electrons. The molecule has 1 amide bonds. The number of hydrogen-bond donors (Lipinski definition) is 1. The van der Waals surface area contributed by atoms with Gasteiger partial charge in [-0.3, -0.25) is 10.1 Å². The van der Waals surface area contributed by atoms with Crippen LogP contribution in [-0.4, -0.2) is 10.9 Å². The number of rotatable bonds is 5. The number of aromatic nitrogens is 1. The zero-order valence-corrected chi connectivity index (χ0v) is 15.5. The summed E-state index contributed by atoms with van der Waals surface area (Å²) in [4.78, 5) is 17.3. The minimum Gasteiger partial charge on any atom is -0.465 e. The maximum atomic E-state index is 12.2. The van der Waals surface area contributed by atoms with Crippen LogP contribution in [-0.2, 0) is 11.2 Å². The summed E-state index contributed by atoms with van der Waals surface area (Å²) >= 11 is 13.3. The second-order valence-corrected chi connectivity index (χ2v) is 7.13. The standard InChI is InChI=1S/C18H11Cl2N3O2S/c19-15-4-3-11(7-16(15)20)6-14-10-22-18(26-14)23-17(24)12(9-21)8-13-2-1-5-25-13/h1-5,7-8,10H,6H2,(H,22,23,24). The van der Waals surface area contributed by atoms with Gasteiger partial charge in [0.05, 0.1) is 16.3 Å². The van der Waals surface area contributed by atoms with Crippen molar-refractivity contribution in [3.8, 4) is 6.07 Å². The molecule has 8 heteroatoms. The molecule has 0 fully saturated rings. The summed E-state index contributed by atoms with van der Waals surface area (Å²) in [5.41, 5.74) is 0.914. The van der Waals surface area contributed by atoms with E-state index < -0.39 is 5.91 Å². The number of furan rings is 1. The van der Waals surface area contributed by atoms with Crippen LogP contribution in [0, 0.1) is 11.3 Å². The highest BCUT2D eigenvalue weighted by atomic mass is 35.5. The summed E-state index contributed by atoms with van der Waals surface area (Å²) in [7, 11) is 0. The number of amides is 1. The number of hydrogen-bond acceptors (Lipinski definition) is 5. The minimum atomic E-state index is -0.542. The van der Waals surface area contributed by atoms with Gasteiger partial charge in [0, 0.05) is 23.6 Å². The number of carbonyl (C=O) groups excluding carboxylic acids is 1. The molecule has 1 N–H and O–H groups in total. The Morgan fingerprint density at radius 2 is 2.19 bits per heavy atom. The van der Waals surface area contributed by atoms with E-state index >= 15 is 0 Å². The van der Waals surface area contributed by atoms with Gasteiger partial charge in [0.25, 0.3) is 5.91 Å². The molecule has 0 aliphatic heterocycles. The van der Waals surface area contributed by atoms with E-state index in [1.54, 1.807) is 30.5 Å². The van der Waals surface area contributed by atoms with Crippen LogP contribution >= 0.6 is 34.5 Å². The molecule has 1 aromatic carbocycles. The SMILES string of the molecule is N#CC(=Cc1ccco1)C(=O)Nc1ncc(Cc2ccc(Cl)c(Cl)c2)s1. The highest BCUT2D eigenvalue weighted by Gasteiger charge is 2.13. The highest BCUT2D eigenvalue weighted by molar-refractivity contribution is 7.15. The summed E-state index contributed by atoms with van der Waals surface area (Å²) < 4.78 is 5.11. The first-order valence-electron chi connectivity index (χ1n) is 7.40. The Morgan fingerprint density at radius 1 is 1.35 bits per heavy atom. The number of nitriles is 1. The fraction of sp³-hybridized carbons (Fsp3) is 0.0556. The number of carbonyl (C=O) groups is 1. The first kappa shape index (κ1) is 18.2. The van der Waals surface area contributed by atoms with Crippen molar-refractivity contribution in [2.75, 3.05) is 5.32 Å². The summed E-state index contributed by atoms with van der Waals surface area (Å²) in [6.45, 7) is 0. The van der Waals surface area contributed by atoms with E-state index in [9.17, 15) is 4.79 Å². The van der Waals surface area contributed by atoms with Crippen molar-refractivity contribution in [2.45, 2.75) is 6.42 Å². The third-order valence-electron chi connectivity index (χ3n) is 3.33. The molecule has 5 nitrogen and oxygen atoms in total. The molecule has 3 aromatic rings. The number of nitrogens with one attached hydrogen (secondary N) is 1. The average molecular weight is 404 g/mol. The van der Waals surface area contributed by atoms with E-state index in [0.29, 0.717) is 27.4 Å². The first-order valence-corrected chi connectivity index (χ1v) is 8.97. The van der Waals surface area contributed by atoms with Crippen molar-refractivity contribution in [2.24, 2.45) is 0 Å². The normalized spacial score (nSPS) is 11.2. The fourth-order valence-electron chi connectivity index (χ4n) is 2.13. The molecule has 2 heterocycles. The van der Waals surface area contributed by atoms with Gasteiger partial charge in [-0.1, -0.05) is 29.3 Å². The molecular weight excluding hydrogens is 393 g/mol. The Kier molecular flexibility index (Phi) is 5.74. The van der Waals surface area contributed by atoms with Crippen molar-refractivity contribution in [1.29, 1.82) is 5.26 Å². The zero-order valence-electron chi connectivity index (χ0n) is 13.2. The largest absolute Gasteiger partial charge is 0.465 e. The monoisotopic (exact) mass is 403 g/mol. The fourth-order valence-corrected chi connectivity index (χ4v) is 3.29. The summed E-state index contributed by atoms with van der Waals surface area (Å²) in [5, 5.41) is 13.2. The lowest BCUT2D eigenvalue weighted by molar-refractivity contribution is -0.112. The molecule has 130 valence electrons. The molecule has 26 heavy (non-hydrogen) atoms. The van der Waals surface area contributed by atoms with Crippen LogP contribution in [0.1, 0.15) is 16.2 Å². The smallest absolute Gasteiger partial charge is 0.268 e. The lowest BCUT2D eigenvalue weighted by Crippen LogP contribution is -2.13. The van der Waals surface area contributed by atoms with E-state index in [4.69, 9.17) is 32.9 Å². The van der Waals surface area contributed by atoms with E-state index in [1.807, 2.05) is 12.1 Å². The van der Waals surface area contributed by atoms with E-state index in [1.165, 1.54) is 23.7 Å². The maximum absolute atomic E-state index is 12.2. The third-order valence-corrected chi connectivity index (χ3v) is 4.98. The van der Waals surface area contributed by atoms with Crippen LogP contribution in [0.3, 0.4) is 0 Å². The van der Waals surface area contributed by atoms with Crippen molar-refractivity contribution in [3.63, 3.8) is 0 Å². The third kappa shape index (κ3) is 4.52. The van der Waals surface area contributed by atoms with Crippen molar-refractivity contribution in [3.05, 3.63) is 74.6 Å². The van der Waals surface area contributed by atoms with E-state index in [-0.39, 0.29) is 5.57 Å². The molecular formula is C18H11Cl2N3O2S. The van der Waals surface area contributed by atoms with Gasteiger partial charge < -0.3 is 4.42 Å². The number of nitrogens with zero attached hydrogens (tertiary/aromatic N) is 2. The van der Waals surface area contributed by atoms with Gasteiger partial charge in [0.1, 0.15) is 17.4 Å². The van der Waals surface area contributed by atoms with Crippen LogP contribution < -0.4 is 5.32 Å². The van der Waals surface area contributed by atoms with E-state index in [2.05, 4.69) is 10.3 Å². The van der Waals surface area contributed by atoms with Gasteiger partial charge in [-0.25, -0.2) is 4.98 Å². The predicted molar refractivity (Wildman–Crippen MR) is 102 cm³/mol. The van der Waals surface area contributed by atoms with Gasteiger partial charge in [0.2, 0.25) is 0 Å². The molecule has 0 atom stereocenters. The molecule has 3 rings (SSSR count). The van der Waals surface area contributed by atoms with Gasteiger partial charge in [-0.2, -0.15) is 5.26 Å². The number of halogens is 2. The number of anilines is 1. The zero-order chi connectivity index (χ0) is 18.5. The average Bonchev–Trinajstić information content (AvgIpc) is 3.28. The summed E-state index contributed by atoms with van der Waals surface area (Å²) in [6.07, 6.45) is 5.12. The summed E-state index contributed by atoms with van der Waals surface area (Å²) in [6, 6.07) is 10.6. The molecule has 0 spiro atoms. The van der Waals surface area contributed by atoms with Crippen LogP contribution in [0.25, 0.3) is 6.08 Å². The van der Waals surface area contributed by atoms with Gasteiger partial charge >= 0.3 is 0 Å². The van der Waals surface area contributed by atoms with Crippen molar-refractivity contribution >= 4 is 51.7 Å². The van der Waals surface area contributed by atoms with Crippen LogP contribution in [0.15, 0.2) is 52.8 Å². The minimum absolute atomic E-state index is 0.0683. The van der Waals surface area contributed by atoms with Crippen molar-refractivity contribution < 1.29 is 9.21 Å². The Labute approximate surface area is 163 Å². The van der Waals surface area contributed by atoms with Crippen LogP contribution in [0.2, 0.25) is 10.0 Å². The summed E-state index contributed by atoms with van der Waals surface area (Å²) in [5.74, 6) is -0.115. The second kappa shape index (κ2) is 8.19. The Morgan fingerprint density at radius 3 is 2.88 bits per heavy atom. The molecule has 0 bridgehead atoms. The Bertz CT molecular complexity index is 1000. The maximum Gasteiger partial charge on any atom is 0.268 e. The number of benzene rings is 1. The Balaban J connectivity index is 1.68. The quantitative estimate of drug-likeness (QED) is 0.470. The lowest BCUT2D eigenvalue weighted by Gasteiger charge is -2.01.